The molecule has 162 valence electrons. The highest BCUT2D eigenvalue weighted by Gasteiger charge is 2.35. The van der Waals surface area contributed by atoms with Gasteiger partial charge in [0.15, 0.2) is 0 Å². The number of nitrogens with zero attached hydrogens (tertiary/aromatic N) is 1. The molecule has 1 aliphatic rings. The number of methoxy groups -OCH3 is 1. The van der Waals surface area contributed by atoms with Gasteiger partial charge in [-0.3, -0.25) is 14.5 Å². The van der Waals surface area contributed by atoms with Gasteiger partial charge in [-0.05, 0) is 59.8 Å². The number of carbonyl (C=O) groups is 3. The van der Waals surface area contributed by atoms with Crippen molar-refractivity contribution in [2.75, 3.05) is 7.11 Å². The first kappa shape index (κ1) is 22.4. The number of benzene rings is 2. The molecule has 9 heteroatoms. The maximum Gasteiger partial charge on any atom is 0.339 e. The second-order valence-electron chi connectivity index (χ2n) is 6.78. The lowest BCUT2D eigenvalue weighted by atomic mass is 10.1. The van der Waals surface area contributed by atoms with E-state index in [0.717, 1.165) is 21.8 Å². The van der Waals surface area contributed by atoms with Gasteiger partial charge in [-0.25, -0.2) is 4.79 Å². The van der Waals surface area contributed by atoms with Gasteiger partial charge in [0, 0.05) is 16.1 Å². The summed E-state index contributed by atoms with van der Waals surface area (Å²) in [6.07, 6.45) is 1.53. The quantitative estimate of drug-likeness (QED) is 0.280. The molecule has 0 atom stereocenters. The Morgan fingerprint density at radius 2 is 1.91 bits per heavy atom. The molecule has 0 bridgehead atoms. The van der Waals surface area contributed by atoms with E-state index in [1.54, 1.807) is 30.3 Å². The van der Waals surface area contributed by atoms with Gasteiger partial charge in [-0.15, -0.1) is 0 Å². The van der Waals surface area contributed by atoms with E-state index in [9.17, 15) is 14.4 Å². The highest BCUT2D eigenvalue weighted by atomic mass is 79.9. The standard InChI is InChI=1S/C23H15BrClNO5S/c1-30-22(28)17-10-14(4-8-18(17)25)19-9-7-16(31-19)11-20-21(27)26(23(29)32-20)12-13-2-5-15(24)6-3-13/h2-11H,12H2,1H3/b20-11-. The van der Waals surface area contributed by atoms with Gasteiger partial charge in [-0.1, -0.05) is 39.7 Å². The number of imide groups is 1. The summed E-state index contributed by atoms with van der Waals surface area (Å²) in [7, 11) is 1.28. The second kappa shape index (κ2) is 9.36. The van der Waals surface area contributed by atoms with Gasteiger partial charge in [-0.2, -0.15) is 0 Å². The summed E-state index contributed by atoms with van der Waals surface area (Å²) in [5.74, 6) is -0.0423. The number of hydrogen-bond donors (Lipinski definition) is 0. The average Bonchev–Trinajstić information content (AvgIpc) is 3.35. The molecule has 0 spiro atoms. The second-order valence-corrected chi connectivity index (χ2v) is 9.10. The molecule has 2 heterocycles. The number of furan rings is 1. The summed E-state index contributed by atoms with van der Waals surface area (Å²) in [4.78, 5) is 38.5. The lowest BCUT2D eigenvalue weighted by molar-refractivity contribution is -0.123. The van der Waals surface area contributed by atoms with Crippen LogP contribution < -0.4 is 0 Å². The molecule has 4 rings (SSSR count). The molecule has 6 nitrogen and oxygen atoms in total. The maximum absolute atomic E-state index is 12.8. The van der Waals surface area contributed by atoms with Gasteiger partial charge in [0.1, 0.15) is 11.5 Å². The summed E-state index contributed by atoms with van der Waals surface area (Å²) in [6.45, 7) is 0.194. The lowest BCUT2D eigenvalue weighted by Gasteiger charge is -2.12. The van der Waals surface area contributed by atoms with E-state index < -0.39 is 5.97 Å². The Bertz CT molecular complexity index is 1250. The number of hydrogen-bond acceptors (Lipinski definition) is 6. The zero-order valence-electron chi connectivity index (χ0n) is 16.6. The van der Waals surface area contributed by atoms with Gasteiger partial charge in [0.2, 0.25) is 0 Å². The van der Waals surface area contributed by atoms with E-state index in [4.69, 9.17) is 20.8 Å². The van der Waals surface area contributed by atoms with Crippen LogP contribution in [0.3, 0.4) is 0 Å². The first-order valence-electron chi connectivity index (χ1n) is 9.33. The molecule has 0 N–H and O–H groups in total. The van der Waals surface area contributed by atoms with Crippen molar-refractivity contribution in [2.24, 2.45) is 0 Å². The fourth-order valence-electron chi connectivity index (χ4n) is 3.07. The van der Waals surface area contributed by atoms with Gasteiger partial charge < -0.3 is 9.15 Å². The van der Waals surface area contributed by atoms with Crippen molar-refractivity contribution >= 4 is 62.5 Å². The summed E-state index contributed by atoms with van der Waals surface area (Å²) >= 11 is 10.3. The molecule has 32 heavy (non-hydrogen) atoms. The number of thioether (sulfide) groups is 1. The van der Waals surface area contributed by atoms with Crippen molar-refractivity contribution in [1.29, 1.82) is 0 Å². The van der Waals surface area contributed by atoms with Gasteiger partial charge in [0.25, 0.3) is 11.1 Å². The highest BCUT2D eigenvalue weighted by molar-refractivity contribution is 9.10. The van der Waals surface area contributed by atoms with Crippen LogP contribution in [0, 0.1) is 0 Å². The highest BCUT2D eigenvalue weighted by Crippen LogP contribution is 2.35. The summed E-state index contributed by atoms with van der Waals surface area (Å²) in [5.41, 5.74) is 1.69. The summed E-state index contributed by atoms with van der Waals surface area (Å²) in [6, 6.07) is 15.7. The molecule has 1 fully saturated rings. The first-order chi connectivity index (χ1) is 15.4. The van der Waals surface area contributed by atoms with E-state index in [0.29, 0.717) is 17.1 Å². The molecule has 1 aromatic heterocycles. The fourth-order valence-corrected chi connectivity index (χ4v) is 4.35. The zero-order chi connectivity index (χ0) is 22.8. The summed E-state index contributed by atoms with van der Waals surface area (Å²) in [5, 5.41) is -0.0665. The van der Waals surface area contributed by atoms with Crippen LogP contribution >= 0.6 is 39.3 Å². The third-order valence-corrected chi connectivity index (χ3v) is 6.45. The molecule has 1 aliphatic heterocycles. The Labute approximate surface area is 201 Å². The topological polar surface area (TPSA) is 76.8 Å². The minimum Gasteiger partial charge on any atom is -0.465 e. The van der Waals surface area contributed by atoms with Crippen LogP contribution in [-0.4, -0.2) is 29.1 Å². The minimum absolute atomic E-state index is 0.194. The van der Waals surface area contributed by atoms with Crippen molar-refractivity contribution in [1.82, 2.24) is 4.90 Å². The van der Waals surface area contributed by atoms with E-state index >= 15 is 0 Å². The Balaban J connectivity index is 1.54. The monoisotopic (exact) mass is 531 g/mol. The van der Waals surface area contributed by atoms with Gasteiger partial charge >= 0.3 is 5.97 Å². The summed E-state index contributed by atoms with van der Waals surface area (Å²) < 4.78 is 11.5. The normalized spacial score (nSPS) is 15.0. The molecule has 1 saturated heterocycles. The van der Waals surface area contributed by atoms with E-state index in [1.165, 1.54) is 18.1 Å². The molecule has 0 saturated carbocycles. The minimum atomic E-state index is -0.553. The first-order valence-corrected chi connectivity index (χ1v) is 11.3. The molecule has 2 amide bonds. The van der Waals surface area contributed by atoms with Crippen molar-refractivity contribution in [3.05, 3.63) is 85.9 Å². The van der Waals surface area contributed by atoms with E-state index in [1.807, 2.05) is 24.3 Å². The van der Waals surface area contributed by atoms with E-state index in [-0.39, 0.29) is 33.2 Å². The molecule has 0 unspecified atom stereocenters. The van der Waals surface area contributed by atoms with Crippen LogP contribution in [0.15, 0.2) is 68.4 Å². The SMILES string of the molecule is COC(=O)c1cc(-c2ccc(/C=C3\SC(=O)N(Cc4ccc(Br)cc4)C3=O)o2)ccc1Cl. The lowest BCUT2D eigenvalue weighted by Crippen LogP contribution is -2.27. The van der Waals surface area contributed by atoms with Crippen LogP contribution in [0.4, 0.5) is 4.79 Å². The third-order valence-electron chi connectivity index (χ3n) is 4.68. The number of rotatable bonds is 5. The number of amides is 2. The van der Waals surface area contributed by atoms with Crippen molar-refractivity contribution in [2.45, 2.75) is 6.54 Å². The predicted octanol–water partition coefficient (Wildman–Crippen LogP) is 6.39. The van der Waals surface area contributed by atoms with Crippen LogP contribution in [-0.2, 0) is 16.1 Å². The molecular weight excluding hydrogens is 518 g/mol. The maximum atomic E-state index is 12.8. The molecule has 3 aromatic rings. The van der Waals surface area contributed by atoms with Crippen LogP contribution in [0.2, 0.25) is 5.02 Å². The Morgan fingerprint density at radius 3 is 2.62 bits per heavy atom. The molecule has 2 aromatic carbocycles. The average molecular weight is 533 g/mol. The molecule has 0 aliphatic carbocycles. The number of halogens is 2. The van der Waals surface area contributed by atoms with Gasteiger partial charge in [0.05, 0.1) is 29.1 Å². The molecular formula is C23H15BrClNO5S. The van der Waals surface area contributed by atoms with Crippen LogP contribution in [0.5, 0.6) is 0 Å². The van der Waals surface area contributed by atoms with E-state index in [2.05, 4.69) is 15.9 Å². The third kappa shape index (κ3) is 4.67. The van der Waals surface area contributed by atoms with Crippen LogP contribution in [0.25, 0.3) is 17.4 Å². The number of ether oxygens (including phenoxy) is 1. The fraction of sp³-hybridized carbons (Fsp3) is 0.0870. The van der Waals surface area contributed by atoms with Crippen LogP contribution in [0.1, 0.15) is 21.7 Å². The molecule has 0 radical (unpaired) electrons. The van der Waals surface area contributed by atoms with Crippen molar-refractivity contribution in [3.8, 4) is 11.3 Å². The van der Waals surface area contributed by atoms with Crippen molar-refractivity contribution < 1.29 is 23.5 Å². The van der Waals surface area contributed by atoms with Crippen molar-refractivity contribution in [3.63, 3.8) is 0 Å². The smallest absolute Gasteiger partial charge is 0.339 e. The Hall–Kier alpha value is -2.81. The largest absolute Gasteiger partial charge is 0.465 e. The zero-order valence-corrected chi connectivity index (χ0v) is 19.8. The number of esters is 1. The predicted molar refractivity (Wildman–Crippen MR) is 126 cm³/mol. The Kier molecular flexibility index (Phi) is 6.55. The Morgan fingerprint density at radius 1 is 1.16 bits per heavy atom. The number of carbonyl (C=O) groups excluding carboxylic acids is 3.